The van der Waals surface area contributed by atoms with Crippen molar-refractivity contribution in [3.05, 3.63) is 34.9 Å². The number of halogens is 1. The van der Waals surface area contributed by atoms with Crippen LogP contribution in [0, 0.1) is 5.92 Å². The average Bonchev–Trinajstić information content (AvgIpc) is 2.97. The molecule has 2 aliphatic heterocycles. The first-order valence-corrected chi connectivity index (χ1v) is 7.91. The summed E-state index contributed by atoms with van der Waals surface area (Å²) >= 11 is 6.31. The molecule has 3 nitrogen and oxygen atoms in total. The number of amides is 1. The van der Waals surface area contributed by atoms with Crippen LogP contribution in [-0.4, -0.2) is 30.4 Å². The molecule has 2 aliphatic rings. The predicted molar refractivity (Wildman–Crippen MR) is 80.7 cm³/mol. The zero-order valence-corrected chi connectivity index (χ0v) is 12.4. The average molecular weight is 293 g/mol. The van der Waals surface area contributed by atoms with Gasteiger partial charge in [-0.25, -0.2) is 0 Å². The van der Waals surface area contributed by atoms with Gasteiger partial charge < -0.3 is 10.2 Å². The van der Waals surface area contributed by atoms with Gasteiger partial charge in [0.05, 0.1) is 12.0 Å². The van der Waals surface area contributed by atoms with Crippen LogP contribution in [0.3, 0.4) is 0 Å². The molecule has 0 aliphatic carbocycles. The van der Waals surface area contributed by atoms with Gasteiger partial charge in [0.15, 0.2) is 0 Å². The van der Waals surface area contributed by atoms with E-state index < -0.39 is 0 Å². The second-order valence-electron chi connectivity index (χ2n) is 5.75. The van der Waals surface area contributed by atoms with Crippen molar-refractivity contribution in [1.82, 2.24) is 10.2 Å². The van der Waals surface area contributed by atoms with Gasteiger partial charge in [-0.3, -0.25) is 4.79 Å². The van der Waals surface area contributed by atoms with Crippen LogP contribution in [-0.2, 0) is 4.79 Å². The second-order valence-corrected chi connectivity index (χ2v) is 6.16. The number of carbonyl (C=O) groups is 1. The molecule has 1 aromatic carbocycles. The number of hydrogen-bond donors (Lipinski definition) is 1. The van der Waals surface area contributed by atoms with Gasteiger partial charge in [0.25, 0.3) is 0 Å². The highest BCUT2D eigenvalue weighted by Crippen LogP contribution is 2.36. The lowest BCUT2D eigenvalue weighted by Gasteiger charge is -2.31. The number of nitrogens with zero attached hydrogens (tertiary/aromatic N) is 1. The van der Waals surface area contributed by atoms with E-state index in [1.165, 1.54) is 0 Å². The van der Waals surface area contributed by atoms with Crippen LogP contribution in [0.15, 0.2) is 24.3 Å². The Labute approximate surface area is 125 Å². The van der Waals surface area contributed by atoms with Crippen LogP contribution < -0.4 is 5.32 Å². The summed E-state index contributed by atoms with van der Waals surface area (Å²) in [6, 6.07) is 8.08. The Kier molecular flexibility index (Phi) is 4.27. The molecule has 2 fully saturated rings. The van der Waals surface area contributed by atoms with Crippen molar-refractivity contribution < 1.29 is 4.79 Å². The number of benzene rings is 1. The number of likely N-dealkylation sites (tertiary alicyclic amines) is 1. The molecule has 0 aromatic heterocycles. The number of piperidine rings is 1. The summed E-state index contributed by atoms with van der Waals surface area (Å²) in [6.45, 7) is 2.73. The SMILES string of the molecule is O=C([C@H]1CCCNC1)N1CCCC1c1ccccc1Cl. The van der Waals surface area contributed by atoms with Gasteiger partial charge in [-0.05, 0) is 43.9 Å². The topological polar surface area (TPSA) is 32.3 Å². The molecule has 0 spiro atoms. The quantitative estimate of drug-likeness (QED) is 0.909. The lowest BCUT2D eigenvalue weighted by Crippen LogP contribution is -2.42. The molecule has 0 radical (unpaired) electrons. The van der Waals surface area contributed by atoms with Crippen LogP contribution in [0.4, 0.5) is 0 Å². The minimum atomic E-state index is 0.145. The molecule has 108 valence electrons. The van der Waals surface area contributed by atoms with Gasteiger partial charge in [-0.15, -0.1) is 0 Å². The molecular weight excluding hydrogens is 272 g/mol. The Bertz CT molecular complexity index is 485. The number of rotatable bonds is 2. The number of hydrogen-bond acceptors (Lipinski definition) is 2. The van der Waals surface area contributed by atoms with Crippen molar-refractivity contribution in [2.45, 2.75) is 31.7 Å². The fourth-order valence-corrected chi connectivity index (χ4v) is 3.66. The molecular formula is C16H21ClN2O. The molecule has 2 saturated heterocycles. The Morgan fingerprint density at radius 2 is 2.10 bits per heavy atom. The molecule has 2 heterocycles. The summed E-state index contributed by atoms with van der Waals surface area (Å²) in [4.78, 5) is 14.8. The van der Waals surface area contributed by atoms with Crippen LogP contribution in [0.25, 0.3) is 0 Å². The van der Waals surface area contributed by atoms with E-state index in [1.54, 1.807) is 0 Å². The minimum Gasteiger partial charge on any atom is -0.335 e. The van der Waals surface area contributed by atoms with E-state index in [2.05, 4.69) is 16.3 Å². The van der Waals surface area contributed by atoms with Crippen molar-refractivity contribution in [3.8, 4) is 0 Å². The van der Waals surface area contributed by atoms with E-state index >= 15 is 0 Å². The van der Waals surface area contributed by atoms with E-state index in [1.807, 2.05) is 18.2 Å². The summed E-state index contributed by atoms with van der Waals surface area (Å²) in [7, 11) is 0. The Morgan fingerprint density at radius 3 is 2.85 bits per heavy atom. The minimum absolute atomic E-state index is 0.145. The molecule has 1 amide bonds. The maximum Gasteiger partial charge on any atom is 0.227 e. The van der Waals surface area contributed by atoms with Gasteiger partial charge in [0.2, 0.25) is 5.91 Å². The Balaban J connectivity index is 1.78. The molecule has 20 heavy (non-hydrogen) atoms. The largest absolute Gasteiger partial charge is 0.335 e. The maximum absolute atomic E-state index is 12.7. The monoisotopic (exact) mass is 292 g/mol. The fraction of sp³-hybridized carbons (Fsp3) is 0.562. The van der Waals surface area contributed by atoms with Crippen LogP contribution in [0.2, 0.25) is 5.02 Å². The molecule has 3 rings (SSSR count). The summed E-state index contributed by atoms with van der Waals surface area (Å²) < 4.78 is 0. The van der Waals surface area contributed by atoms with Crippen LogP contribution in [0.5, 0.6) is 0 Å². The Morgan fingerprint density at radius 1 is 1.25 bits per heavy atom. The highest BCUT2D eigenvalue weighted by atomic mass is 35.5. The second kappa shape index (κ2) is 6.15. The van der Waals surface area contributed by atoms with Gasteiger partial charge in [0, 0.05) is 18.1 Å². The van der Waals surface area contributed by atoms with Gasteiger partial charge in [0.1, 0.15) is 0 Å². The fourth-order valence-electron chi connectivity index (χ4n) is 3.40. The summed E-state index contributed by atoms with van der Waals surface area (Å²) in [6.07, 6.45) is 4.20. The van der Waals surface area contributed by atoms with E-state index in [9.17, 15) is 4.79 Å². The third-order valence-electron chi connectivity index (χ3n) is 4.45. The molecule has 4 heteroatoms. The van der Waals surface area contributed by atoms with Gasteiger partial charge in [-0.2, -0.15) is 0 Å². The van der Waals surface area contributed by atoms with E-state index in [0.717, 1.165) is 55.9 Å². The van der Waals surface area contributed by atoms with Crippen LogP contribution in [0.1, 0.15) is 37.3 Å². The normalized spacial score (nSPS) is 26.8. The molecule has 2 atom stereocenters. The Hall–Kier alpha value is -1.06. The highest BCUT2D eigenvalue weighted by Gasteiger charge is 2.34. The van der Waals surface area contributed by atoms with Gasteiger partial charge >= 0.3 is 0 Å². The van der Waals surface area contributed by atoms with Crippen LogP contribution >= 0.6 is 11.6 Å². The smallest absolute Gasteiger partial charge is 0.227 e. The van der Waals surface area contributed by atoms with Gasteiger partial charge in [-0.1, -0.05) is 29.8 Å². The molecule has 0 bridgehead atoms. The predicted octanol–water partition coefficient (Wildman–Crippen LogP) is 3.00. The zero-order valence-electron chi connectivity index (χ0n) is 11.6. The number of carbonyl (C=O) groups excluding carboxylic acids is 1. The van der Waals surface area contributed by atoms with Crippen molar-refractivity contribution in [1.29, 1.82) is 0 Å². The van der Waals surface area contributed by atoms with Crippen molar-refractivity contribution in [2.75, 3.05) is 19.6 Å². The first-order valence-electron chi connectivity index (χ1n) is 7.53. The summed E-state index contributed by atoms with van der Waals surface area (Å²) in [5.74, 6) is 0.450. The van der Waals surface area contributed by atoms with E-state index in [0.29, 0.717) is 5.91 Å². The summed E-state index contributed by atoms with van der Waals surface area (Å²) in [5.41, 5.74) is 1.10. The lowest BCUT2D eigenvalue weighted by atomic mass is 9.96. The third-order valence-corrected chi connectivity index (χ3v) is 4.79. The lowest BCUT2D eigenvalue weighted by molar-refractivity contribution is -0.137. The molecule has 1 aromatic rings. The molecule has 1 unspecified atom stereocenters. The first-order chi connectivity index (χ1) is 9.77. The standard InChI is InChI=1S/C16H21ClN2O/c17-14-7-2-1-6-13(14)15-8-4-10-19(15)16(20)12-5-3-9-18-11-12/h1-2,6-7,12,15,18H,3-5,8-11H2/t12-,15?/m0/s1. The highest BCUT2D eigenvalue weighted by molar-refractivity contribution is 6.31. The zero-order chi connectivity index (χ0) is 13.9. The van der Waals surface area contributed by atoms with E-state index in [-0.39, 0.29) is 12.0 Å². The maximum atomic E-state index is 12.7. The van der Waals surface area contributed by atoms with Crippen molar-refractivity contribution in [3.63, 3.8) is 0 Å². The van der Waals surface area contributed by atoms with Crippen molar-refractivity contribution in [2.24, 2.45) is 5.92 Å². The van der Waals surface area contributed by atoms with Crippen molar-refractivity contribution >= 4 is 17.5 Å². The van der Waals surface area contributed by atoms with E-state index in [4.69, 9.17) is 11.6 Å². The molecule has 0 saturated carbocycles. The number of nitrogens with one attached hydrogen (secondary N) is 1. The first kappa shape index (κ1) is 13.9. The molecule has 1 N–H and O–H groups in total. The summed E-state index contributed by atoms with van der Waals surface area (Å²) in [5, 5.41) is 4.11. The third kappa shape index (κ3) is 2.70.